The van der Waals surface area contributed by atoms with E-state index in [1.807, 2.05) is 18.2 Å². The third-order valence-corrected chi connectivity index (χ3v) is 5.43. The first kappa shape index (κ1) is 21.1. The van der Waals surface area contributed by atoms with Gasteiger partial charge in [0.2, 0.25) is 0 Å². The fourth-order valence-corrected chi connectivity index (χ4v) is 3.88. The molecule has 1 aliphatic rings. The van der Waals surface area contributed by atoms with Gasteiger partial charge in [0.25, 0.3) is 0 Å². The Balaban J connectivity index is 1.77. The Bertz CT molecular complexity index is 806. The van der Waals surface area contributed by atoms with Crippen LogP contribution in [0.5, 0.6) is 5.75 Å². The van der Waals surface area contributed by atoms with Crippen molar-refractivity contribution < 1.29 is 19.1 Å². The highest BCUT2D eigenvalue weighted by Gasteiger charge is 2.27. The molecule has 5 nitrogen and oxygen atoms in total. The molecule has 2 aromatic rings. The molecule has 29 heavy (non-hydrogen) atoms. The van der Waals surface area contributed by atoms with Gasteiger partial charge in [-0.25, -0.2) is 4.79 Å². The molecule has 0 spiro atoms. The van der Waals surface area contributed by atoms with E-state index in [1.165, 1.54) is 12.7 Å². The number of rotatable bonds is 10. The van der Waals surface area contributed by atoms with Crippen LogP contribution in [0.3, 0.4) is 0 Å². The van der Waals surface area contributed by atoms with Crippen LogP contribution in [0.25, 0.3) is 0 Å². The molecule has 1 aliphatic heterocycles. The van der Waals surface area contributed by atoms with E-state index in [2.05, 4.69) is 29.2 Å². The first-order valence-corrected chi connectivity index (χ1v) is 10.3. The van der Waals surface area contributed by atoms with E-state index >= 15 is 0 Å². The number of carbonyl (C=O) groups is 2. The number of benzene rings is 2. The maximum absolute atomic E-state index is 11.9. The largest absolute Gasteiger partial charge is 0.493 e. The number of hydrogen-bond donors (Lipinski definition) is 0. The highest BCUT2D eigenvalue weighted by atomic mass is 16.5. The van der Waals surface area contributed by atoms with Crippen molar-refractivity contribution >= 4 is 12.3 Å². The zero-order chi connectivity index (χ0) is 20.5. The standard InChI is InChI=1S/C24H29NO4/c1-28-24(27)20-10-11-21-22(13-17-29-23(21)18-20)25(14-6-3-7-16-26)15-12-19-8-4-2-5-9-19/h2,4-5,8-11,16,18,22H,3,6-7,12-15,17H2,1H3. The van der Waals surface area contributed by atoms with Gasteiger partial charge in [-0.3, -0.25) is 4.90 Å². The van der Waals surface area contributed by atoms with E-state index in [1.54, 1.807) is 6.07 Å². The Hall–Kier alpha value is -2.66. The Morgan fingerprint density at radius 3 is 2.76 bits per heavy atom. The molecule has 0 saturated heterocycles. The summed E-state index contributed by atoms with van der Waals surface area (Å²) < 4.78 is 10.7. The minimum absolute atomic E-state index is 0.241. The van der Waals surface area contributed by atoms with E-state index in [0.717, 1.165) is 56.4 Å². The van der Waals surface area contributed by atoms with Crippen molar-refractivity contribution in [3.63, 3.8) is 0 Å². The lowest BCUT2D eigenvalue weighted by Gasteiger charge is -2.36. The van der Waals surface area contributed by atoms with Crippen molar-refractivity contribution in [2.45, 2.75) is 38.1 Å². The van der Waals surface area contributed by atoms with E-state index in [0.29, 0.717) is 18.6 Å². The highest BCUT2D eigenvalue weighted by Crippen LogP contribution is 2.37. The van der Waals surface area contributed by atoms with Crippen molar-refractivity contribution in [2.75, 3.05) is 26.8 Å². The van der Waals surface area contributed by atoms with Gasteiger partial charge in [-0.15, -0.1) is 0 Å². The molecule has 0 N–H and O–H groups in total. The number of ether oxygens (including phenoxy) is 2. The molecule has 1 unspecified atom stereocenters. The minimum atomic E-state index is -0.353. The van der Waals surface area contributed by atoms with Gasteiger partial charge in [-0.05, 0) is 43.5 Å². The fraction of sp³-hybridized carbons (Fsp3) is 0.417. The van der Waals surface area contributed by atoms with Gasteiger partial charge in [0, 0.05) is 31.0 Å². The molecule has 0 bridgehead atoms. The summed E-state index contributed by atoms with van der Waals surface area (Å²) >= 11 is 0. The molecule has 0 saturated carbocycles. The van der Waals surface area contributed by atoms with Crippen molar-refractivity contribution in [1.29, 1.82) is 0 Å². The minimum Gasteiger partial charge on any atom is -0.493 e. The van der Waals surface area contributed by atoms with Gasteiger partial charge < -0.3 is 14.3 Å². The van der Waals surface area contributed by atoms with E-state index in [9.17, 15) is 9.59 Å². The summed E-state index contributed by atoms with van der Waals surface area (Å²) in [5, 5.41) is 0. The number of fused-ring (bicyclic) bond motifs is 1. The Labute approximate surface area is 172 Å². The van der Waals surface area contributed by atoms with Gasteiger partial charge in [-0.1, -0.05) is 36.4 Å². The molecule has 3 rings (SSSR count). The maximum Gasteiger partial charge on any atom is 0.337 e. The summed E-state index contributed by atoms with van der Waals surface area (Å²) in [6.07, 6.45) is 5.38. The van der Waals surface area contributed by atoms with Crippen LogP contribution >= 0.6 is 0 Å². The van der Waals surface area contributed by atoms with Crippen molar-refractivity contribution in [3.05, 3.63) is 65.2 Å². The molecule has 0 fully saturated rings. The zero-order valence-electron chi connectivity index (χ0n) is 17.0. The van der Waals surface area contributed by atoms with Gasteiger partial charge in [0.15, 0.2) is 0 Å². The molecular weight excluding hydrogens is 366 g/mol. The summed E-state index contributed by atoms with van der Waals surface area (Å²) in [6, 6.07) is 16.3. The van der Waals surface area contributed by atoms with Crippen LogP contribution in [0, 0.1) is 0 Å². The van der Waals surface area contributed by atoms with Gasteiger partial charge in [0.1, 0.15) is 12.0 Å². The highest BCUT2D eigenvalue weighted by molar-refractivity contribution is 5.90. The normalized spacial score (nSPS) is 15.4. The molecule has 0 aromatic heterocycles. The van der Waals surface area contributed by atoms with Crippen LogP contribution in [0.1, 0.15) is 53.2 Å². The van der Waals surface area contributed by atoms with Crippen molar-refractivity contribution in [3.8, 4) is 5.75 Å². The predicted molar refractivity (Wildman–Crippen MR) is 112 cm³/mol. The van der Waals surface area contributed by atoms with Crippen LogP contribution in [-0.2, 0) is 16.0 Å². The van der Waals surface area contributed by atoms with Crippen LogP contribution < -0.4 is 4.74 Å². The number of methoxy groups -OCH3 is 1. The van der Waals surface area contributed by atoms with Crippen LogP contribution in [0.2, 0.25) is 0 Å². The lowest BCUT2D eigenvalue weighted by atomic mass is 9.96. The van der Waals surface area contributed by atoms with Crippen LogP contribution in [0.15, 0.2) is 48.5 Å². The number of nitrogens with zero attached hydrogens (tertiary/aromatic N) is 1. The maximum atomic E-state index is 11.9. The Morgan fingerprint density at radius 1 is 1.17 bits per heavy atom. The average molecular weight is 395 g/mol. The first-order valence-electron chi connectivity index (χ1n) is 10.3. The Kier molecular flexibility index (Phi) is 7.82. The molecule has 154 valence electrons. The molecule has 0 aliphatic carbocycles. The van der Waals surface area contributed by atoms with Gasteiger partial charge in [0.05, 0.1) is 19.3 Å². The summed E-state index contributed by atoms with van der Waals surface area (Å²) in [7, 11) is 1.39. The molecule has 0 radical (unpaired) electrons. The summed E-state index contributed by atoms with van der Waals surface area (Å²) in [5.41, 5.74) is 2.94. The van der Waals surface area contributed by atoms with Crippen molar-refractivity contribution in [2.24, 2.45) is 0 Å². The predicted octanol–water partition coefficient (Wildman–Crippen LogP) is 4.21. The zero-order valence-corrected chi connectivity index (χ0v) is 17.0. The first-order chi connectivity index (χ1) is 14.2. The molecule has 5 heteroatoms. The fourth-order valence-electron chi connectivity index (χ4n) is 3.88. The lowest BCUT2D eigenvalue weighted by molar-refractivity contribution is -0.107. The third kappa shape index (κ3) is 5.67. The van der Waals surface area contributed by atoms with E-state index < -0.39 is 0 Å². The number of carbonyl (C=O) groups excluding carboxylic acids is 2. The van der Waals surface area contributed by atoms with Gasteiger partial charge in [-0.2, -0.15) is 0 Å². The average Bonchev–Trinajstić information content (AvgIpc) is 2.78. The second kappa shape index (κ2) is 10.8. The SMILES string of the molecule is COC(=O)c1ccc2c(c1)OCCC2N(CCCCC=O)CCc1ccccc1. The smallest absolute Gasteiger partial charge is 0.337 e. The molecule has 1 atom stereocenters. The quantitative estimate of drug-likeness (QED) is 0.343. The number of aldehydes is 1. The number of hydrogen-bond acceptors (Lipinski definition) is 5. The molecular formula is C24H29NO4. The summed E-state index contributed by atoms with van der Waals surface area (Å²) in [5.74, 6) is 0.412. The second-order valence-corrected chi connectivity index (χ2v) is 7.33. The van der Waals surface area contributed by atoms with E-state index in [4.69, 9.17) is 9.47 Å². The third-order valence-electron chi connectivity index (χ3n) is 5.43. The van der Waals surface area contributed by atoms with Crippen LogP contribution in [0.4, 0.5) is 0 Å². The van der Waals surface area contributed by atoms with Gasteiger partial charge >= 0.3 is 5.97 Å². The van der Waals surface area contributed by atoms with Crippen LogP contribution in [-0.4, -0.2) is 44.0 Å². The lowest BCUT2D eigenvalue weighted by Crippen LogP contribution is -2.35. The molecule has 2 aromatic carbocycles. The number of unbranched alkanes of at least 4 members (excludes halogenated alkanes) is 2. The summed E-state index contributed by atoms with van der Waals surface area (Å²) in [4.78, 5) is 25.0. The molecule has 0 amide bonds. The monoisotopic (exact) mass is 395 g/mol. The number of esters is 1. The summed E-state index contributed by atoms with van der Waals surface area (Å²) in [6.45, 7) is 2.50. The van der Waals surface area contributed by atoms with E-state index in [-0.39, 0.29) is 12.0 Å². The molecule has 1 heterocycles. The Morgan fingerprint density at radius 2 is 2.00 bits per heavy atom. The van der Waals surface area contributed by atoms with Crippen molar-refractivity contribution in [1.82, 2.24) is 4.90 Å². The second-order valence-electron chi connectivity index (χ2n) is 7.33. The topological polar surface area (TPSA) is 55.8 Å².